The van der Waals surface area contributed by atoms with Crippen LogP contribution >= 0.6 is 22.9 Å². The van der Waals surface area contributed by atoms with Crippen molar-refractivity contribution in [3.05, 3.63) is 50.9 Å². The van der Waals surface area contributed by atoms with Crippen molar-refractivity contribution < 1.29 is 9.59 Å². The zero-order chi connectivity index (χ0) is 15.6. The standard InChI is InChI=1S/C15H15ClN2O2S/c1-3-11-8(2)21-15(12(11)13(17)19)18-14(20)9-5-4-6-10(16)7-9/h4-7H,3H2,1-2H3,(H2,17,19)(H,18,20). The first kappa shape index (κ1) is 15.5. The first-order valence-corrected chi connectivity index (χ1v) is 7.62. The van der Waals surface area contributed by atoms with Crippen LogP contribution in [0.5, 0.6) is 0 Å². The third kappa shape index (κ3) is 3.25. The van der Waals surface area contributed by atoms with Crippen LogP contribution < -0.4 is 11.1 Å². The van der Waals surface area contributed by atoms with E-state index in [2.05, 4.69) is 5.32 Å². The zero-order valence-electron chi connectivity index (χ0n) is 11.7. The van der Waals surface area contributed by atoms with E-state index in [1.807, 2.05) is 13.8 Å². The molecule has 0 aliphatic heterocycles. The average molecular weight is 323 g/mol. The Kier molecular flexibility index (Phi) is 4.65. The number of thiophene rings is 1. The second-order valence-electron chi connectivity index (χ2n) is 4.52. The van der Waals surface area contributed by atoms with Gasteiger partial charge < -0.3 is 11.1 Å². The smallest absolute Gasteiger partial charge is 0.256 e. The number of nitrogens with one attached hydrogen (secondary N) is 1. The fourth-order valence-corrected chi connectivity index (χ4v) is 3.49. The van der Waals surface area contributed by atoms with Crippen LogP contribution in [-0.4, -0.2) is 11.8 Å². The lowest BCUT2D eigenvalue weighted by molar-refractivity contribution is 0.100. The number of carbonyl (C=O) groups excluding carboxylic acids is 2. The topological polar surface area (TPSA) is 72.2 Å². The number of amides is 2. The van der Waals surface area contributed by atoms with E-state index in [1.54, 1.807) is 24.3 Å². The summed E-state index contributed by atoms with van der Waals surface area (Å²) in [5.74, 6) is -0.846. The van der Waals surface area contributed by atoms with Gasteiger partial charge in [-0.15, -0.1) is 11.3 Å². The van der Waals surface area contributed by atoms with Crippen LogP contribution in [0.1, 0.15) is 38.1 Å². The minimum absolute atomic E-state index is 0.316. The summed E-state index contributed by atoms with van der Waals surface area (Å²) in [6.45, 7) is 3.86. The van der Waals surface area contributed by atoms with E-state index in [1.165, 1.54) is 11.3 Å². The van der Waals surface area contributed by atoms with Crippen LogP contribution in [0.25, 0.3) is 0 Å². The van der Waals surface area contributed by atoms with E-state index in [0.717, 1.165) is 10.4 Å². The molecule has 0 spiro atoms. The molecule has 0 saturated heterocycles. The molecule has 2 aromatic rings. The Hall–Kier alpha value is -1.85. The molecule has 0 aliphatic rings. The number of rotatable bonds is 4. The minimum atomic E-state index is -0.530. The lowest BCUT2D eigenvalue weighted by Gasteiger charge is -2.06. The molecule has 1 aromatic carbocycles. The molecule has 110 valence electrons. The maximum Gasteiger partial charge on any atom is 0.256 e. The van der Waals surface area contributed by atoms with Crippen LogP contribution in [-0.2, 0) is 6.42 Å². The predicted octanol–water partition coefficient (Wildman–Crippen LogP) is 3.62. The highest BCUT2D eigenvalue weighted by molar-refractivity contribution is 7.16. The molecular formula is C15H15ClN2O2S. The van der Waals surface area contributed by atoms with Crippen molar-refractivity contribution in [2.45, 2.75) is 20.3 Å². The van der Waals surface area contributed by atoms with E-state index in [0.29, 0.717) is 27.6 Å². The van der Waals surface area contributed by atoms with Crippen LogP contribution in [0.3, 0.4) is 0 Å². The van der Waals surface area contributed by atoms with Gasteiger partial charge in [-0.1, -0.05) is 24.6 Å². The van der Waals surface area contributed by atoms with Crippen molar-refractivity contribution in [2.75, 3.05) is 5.32 Å². The second-order valence-corrected chi connectivity index (χ2v) is 6.18. The summed E-state index contributed by atoms with van der Waals surface area (Å²) >= 11 is 7.23. The molecule has 0 atom stereocenters. The van der Waals surface area contributed by atoms with Crippen LogP contribution in [0.4, 0.5) is 5.00 Å². The molecule has 0 saturated carbocycles. The number of carbonyl (C=O) groups is 2. The van der Waals surface area contributed by atoms with Gasteiger partial charge in [0, 0.05) is 15.5 Å². The van der Waals surface area contributed by atoms with Crippen LogP contribution in [0.15, 0.2) is 24.3 Å². The Labute approximate surface area is 131 Å². The Balaban J connectivity index is 2.36. The molecule has 0 radical (unpaired) electrons. The Morgan fingerprint density at radius 2 is 2.10 bits per heavy atom. The molecule has 1 heterocycles. The number of anilines is 1. The van der Waals surface area contributed by atoms with Crippen molar-refractivity contribution in [3.8, 4) is 0 Å². The molecule has 2 amide bonds. The molecule has 6 heteroatoms. The van der Waals surface area contributed by atoms with E-state index in [-0.39, 0.29) is 5.91 Å². The Bertz CT molecular complexity index is 710. The van der Waals surface area contributed by atoms with Gasteiger partial charge in [-0.05, 0) is 37.1 Å². The first-order chi connectivity index (χ1) is 9.93. The fourth-order valence-electron chi connectivity index (χ4n) is 2.16. The Morgan fingerprint density at radius 1 is 1.38 bits per heavy atom. The number of primary amides is 1. The SMILES string of the molecule is CCc1c(C)sc(NC(=O)c2cccc(Cl)c2)c1C(N)=O. The van der Waals surface area contributed by atoms with Crippen molar-refractivity contribution in [1.29, 1.82) is 0 Å². The number of aryl methyl sites for hydroxylation is 1. The Morgan fingerprint density at radius 3 is 2.67 bits per heavy atom. The van der Waals surface area contributed by atoms with Crippen LogP contribution in [0, 0.1) is 6.92 Å². The fraction of sp³-hybridized carbons (Fsp3) is 0.200. The molecular weight excluding hydrogens is 308 g/mol. The van der Waals surface area contributed by atoms with Gasteiger partial charge in [0.1, 0.15) is 5.00 Å². The lowest BCUT2D eigenvalue weighted by atomic mass is 10.1. The zero-order valence-corrected chi connectivity index (χ0v) is 13.3. The lowest BCUT2D eigenvalue weighted by Crippen LogP contribution is -2.17. The summed E-state index contributed by atoms with van der Waals surface area (Å²) in [6.07, 6.45) is 0.688. The number of nitrogens with two attached hydrogens (primary N) is 1. The van der Waals surface area contributed by atoms with Crippen molar-refractivity contribution in [1.82, 2.24) is 0 Å². The summed E-state index contributed by atoms with van der Waals surface area (Å²) in [7, 11) is 0. The molecule has 0 bridgehead atoms. The molecule has 4 nitrogen and oxygen atoms in total. The third-order valence-corrected chi connectivity index (χ3v) is 4.42. The monoisotopic (exact) mass is 322 g/mol. The van der Waals surface area contributed by atoms with Gasteiger partial charge in [-0.25, -0.2) is 0 Å². The summed E-state index contributed by atoms with van der Waals surface area (Å²) in [4.78, 5) is 24.9. The van der Waals surface area contributed by atoms with Crippen molar-refractivity contribution in [3.63, 3.8) is 0 Å². The van der Waals surface area contributed by atoms with Crippen LogP contribution in [0.2, 0.25) is 5.02 Å². The molecule has 0 unspecified atom stereocenters. The number of hydrogen-bond acceptors (Lipinski definition) is 3. The van der Waals surface area contributed by atoms with Gasteiger partial charge in [-0.3, -0.25) is 9.59 Å². The normalized spacial score (nSPS) is 10.4. The largest absolute Gasteiger partial charge is 0.365 e. The van der Waals surface area contributed by atoms with Crippen molar-refractivity contribution >= 4 is 39.8 Å². The highest BCUT2D eigenvalue weighted by atomic mass is 35.5. The van der Waals surface area contributed by atoms with Gasteiger partial charge in [-0.2, -0.15) is 0 Å². The van der Waals surface area contributed by atoms with Gasteiger partial charge in [0.05, 0.1) is 5.56 Å². The minimum Gasteiger partial charge on any atom is -0.365 e. The van der Waals surface area contributed by atoms with E-state index >= 15 is 0 Å². The average Bonchev–Trinajstić information content (AvgIpc) is 2.74. The maximum absolute atomic E-state index is 12.2. The van der Waals surface area contributed by atoms with E-state index < -0.39 is 5.91 Å². The summed E-state index contributed by atoms with van der Waals surface area (Å²) in [5.41, 5.74) is 7.15. The van der Waals surface area contributed by atoms with Crippen molar-refractivity contribution in [2.24, 2.45) is 5.73 Å². The van der Waals surface area contributed by atoms with Gasteiger partial charge in [0.25, 0.3) is 11.8 Å². The highest BCUT2D eigenvalue weighted by Gasteiger charge is 2.20. The van der Waals surface area contributed by atoms with E-state index in [9.17, 15) is 9.59 Å². The summed E-state index contributed by atoms with van der Waals surface area (Å²) in [6, 6.07) is 6.62. The predicted molar refractivity (Wildman–Crippen MR) is 86.4 cm³/mol. The second kappa shape index (κ2) is 6.28. The molecule has 1 aromatic heterocycles. The third-order valence-electron chi connectivity index (χ3n) is 3.12. The first-order valence-electron chi connectivity index (χ1n) is 6.43. The number of benzene rings is 1. The molecule has 3 N–H and O–H groups in total. The molecule has 2 rings (SSSR count). The quantitative estimate of drug-likeness (QED) is 0.902. The van der Waals surface area contributed by atoms with Gasteiger partial charge in [0.2, 0.25) is 0 Å². The van der Waals surface area contributed by atoms with E-state index in [4.69, 9.17) is 17.3 Å². The molecule has 21 heavy (non-hydrogen) atoms. The highest BCUT2D eigenvalue weighted by Crippen LogP contribution is 2.33. The number of hydrogen-bond donors (Lipinski definition) is 2. The van der Waals surface area contributed by atoms with Gasteiger partial charge >= 0.3 is 0 Å². The molecule has 0 fully saturated rings. The number of halogens is 1. The summed E-state index contributed by atoms with van der Waals surface area (Å²) < 4.78 is 0. The summed E-state index contributed by atoms with van der Waals surface area (Å²) in [5, 5.41) is 3.72. The molecule has 0 aliphatic carbocycles. The van der Waals surface area contributed by atoms with Gasteiger partial charge in [0.15, 0.2) is 0 Å². The maximum atomic E-state index is 12.2.